The summed E-state index contributed by atoms with van der Waals surface area (Å²) in [4.78, 5) is 45.2. The van der Waals surface area contributed by atoms with E-state index in [1.54, 1.807) is 4.90 Å². The monoisotopic (exact) mass is 528 g/mol. The third-order valence-corrected chi connectivity index (χ3v) is 8.50. The van der Waals surface area contributed by atoms with Crippen LogP contribution in [-0.4, -0.2) is 83.8 Å². The molecule has 2 N–H and O–H groups in total. The van der Waals surface area contributed by atoms with E-state index in [0.717, 1.165) is 79.5 Å². The Balaban J connectivity index is 0.998. The maximum atomic E-state index is 12.7. The first kappa shape index (κ1) is 24.2. The van der Waals surface area contributed by atoms with Crippen LogP contribution < -0.4 is 20.4 Å². The second kappa shape index (κ2) is 9.42. The number of ether oxygens (including phenoxy) is 1. The van der Waals surface area contributed by atoms with Crippen LogP contribution in [0.3, 0.4) is 0 Å². The summed E-state index contributed by atoms with van der Waals surface area (Å²) in [7, 11) is 0. The molecule has 202 valence electrons. The van der Waals surface area contributed by atoms with Gasteiger partial charge in [0.2, 0.25) is 0 Å². The zero-order chi connectivity index (χ0) is 26.7. The summed E-state index contributed by atoms with van der Waals surface area (Å²) >= 11 is 0. The number of amides is 3. The lowest BCUT2D eigenvalue weighted by Crippen LogP contribution is -2.46. The first-order valence-corrected chi connectivity index (χ1v) is 13.7. The van der Waals surface area contributed by atoms with Crippen molar-refractivity contribution in [3.05, 3.63) is 47.5 Å². The molecule has 3 aliphatic heterocycles. The Hall–Kier alpha value is -3.83. The third-order valence-electron chi connectivity index (χ3n) is 8.50. The number of pyridine rings is 1. The maximum absolute atomic E-state index is 12.7. The number of nitrogens with one attached hydrogen (secondary N) is 2. The summed E-state index contributed by atoms with van der Waals surface area (Å²) in [5.74, 6) is 1.51. The predicted molar refractivity (Wildman–Crippen MR) is 147 cm³/mol. The second-order valence-electron chi connectivity index (χ2n) is 10.8. The zero-order valence-corrected chi connectivity index (χ0v) is 22.2. The molecular weight excluding hydrogens is 496 g/mol. The predicted octanol–water partition coefficient (Wildman–Crippen LogP) is 2.40. The number of fused-ring (bicyclic) bond motifs is 1. The molecule has 11 nitrogen and oxygen atoms in total. The molecule has 1 unspecified atom stereocenters. The number of urea groups is 1. The second-order valence-corrected chi connectivity index (χ2v) is 10.8. The van der Waals surface area contributed by atoms with Crippen LogP contribution in [0, 0.1) is 18.8 Å². The molecule has 3 aromatic rings. The molecule has 4 aliphatic rings. The smallest absolute Gasteiger partial charge is 0.327 e. The Morgan fingerprint density at radius 1 is 1.13 bits per heavy atom. The minimum absolute atomic E-state index is 0.0979. The normalized spacial score (nSPS) is 24.1. The molecule has 5 heterocycles. The molecule has 0 radical (unpaired) electrons. The minimum Gasteiger partial charge on any atom is -0.381 e. The number of aryl methyl sites for hydroxylation is 1. The maximum Gasteiger partial charge on any atom is 0.327 e. The number of hydrogen-bond acceptors (Lipinski definition) is 8. The van der Waals surface area contributed by atoms with Gasteiger partial charge in [-0.2, -0.15) is 0 Å². The molecule has 1 aliphatic carbocycles. The number of nitrogens with zero attached hydrogens (tertiary/aromatic N) is 6. The first-order valence-electron chi connectivity index (χ1n) is 13.7. The molecule has 2 saturated heterocycles. The van der Waals surface area contributed by atoms with Crippen molar-refractivity contribution in [1.29, 1.82) is 0 Å². The number of rotatable bonds is 6. The molecule has 2 aromatic heterocycles. The van der Waals surface area contributed by atoms with Crippen molar-refractivity contribution < 1.29 is 14.3 Å². The van der Waals surface area contributed by atoms with E-state index in [0.29, 0.717) is 29.9 Å². The zero-order valence-electron chi connectivity index (χ0n) is 22.2. The molecule has 3 fully saturated rings. The Kier molecular flexibility index (Phi) is 5.85. The highest BCUT2D eigenvalue weighted by molar-refractivity contribution is 6.17. The average molecular weight is 529 g/mol. The van der Waals surface area contributed by atoms with Crippen LogP contribution in [0.25, 0.3) is 10.9 Å². The van der Waals surface area contributed by atoms with Crippen molar-refractivity contribution in [2.24, 2.45) is 11.8 Å². The van der Waals surface area contributed by atoms with Crippen LogP contribution in [-0.2, 0) is 11.3 Å². The van der Waals surface area contributed by atoms with Crippen molar-refractivity contribution in [3.63, 3.8) is 0 Å². The summed E-state index contributed by atoms with van der Waals surface area (Å²) in [5, 5.41) is 7.03. The number of aromatic nitrogens is 3. The first-order chi connectivity index (χ1) is 19.0. The van der Waals surface area contributed by atoms with Gasteiger partial charge < -0.3 is 20.3 Å². The lowest BCUT2D eigenvalue weighted by molar-refractivity contribution is 0.0923. The van der Waals surface area contributed by atoms with Crippen molar-refractivity contribution in [2.75, 3.05) is 61.1 Å². The standard InChI is InChI=1S/C28H32N8O3/c1-3-36-26-24-21(29-15-30-26)10-17(11-22(24)32-28(36)38)12-34-6-8-35(9-7-34)23-5-4-20(31-16(23)2)27(37)33-25-18-13-39-14-19(18)25/h4-5,10-11,15,18-19,25H,3,6-9,12-14H2,1-2H3,(H,32,38)(H,33,37)/t18-,19+,25?. The lowest BCUT2D eigenvalue weighted by atomic mass is 10.1. The molecule has 7 rings (SSSR count). The van der Waals surface area contributed by atoms with E-state index < -0.39 is 0 Å². The van der Waals surface area contributed by atoms with Gasteiger partial charge in [0, 0.05) is 57.1 Å². The largest absolute Gasteiger partial charge is 0.381 e. The van der Waals surface area contributed by atoms with Gasteiger partial charge in [0.05, 0.1) is 41.2 Å². The molecule has 3 atom stereocenters. The summed E-state index contributed by atoms with van der Waals surface area (Å²) in [5.41, 5.74) is 5.15. The summed E-state index contributed by atoms with van der Waals surface area (Å²) in [6, 6.07) is 8.08. The van der Waals surface area contributed by atoms with Crippen LogP contribution in [0.5, 0.6) is 0 Å². The van der Waals surface area contributed by atoms with E-state index in [1.807, 2.05) is 32.0 Å². The summed E-state index contributed by atoms with van der Waals surface area (Å²) < 4.78 is 5.41. The van der Waals surface area contributed by atoms with Crippen molar-refractivity contribution in [2.45, 2.75) is 26.4 Å². The molecule has 39 heavy (non-hydrogen) atoms. The number of carbonyl (C=O) groups excluding carboxylic acids is 2. The fourth-order valence-corrected chi connectivity index (χ4v) is 6.30. The topological polar surface area (TPSA) is 116 Å². The van der Waals surface area contributed by atoms with Gasteiger partial charge in [-0.15, -0.1) is 0 Å². The van der Waals surface area contributed by atoms with Gasteiger partial charge in [-0.3, -0.25) is 14.6 Å². The Labute approximate surface area is 226 Å². The van der Waals surface area contributed by atoms with Crippen molar-refractivity contribution in [3.8, 4) is 0 Å². The quantitative estimate of drug-likeness (QED) is 0.501. The lowest BCUT2D eigenvalue weighted by Gasteiger charge is -2.36. The van der Waals surface area contributed by atoms with Crippen LogP contribution >= 0.6 is 0 Å². The van der Waals surface area contributed by atoms with E-state index in [-0.39, 0.29) is 18.0 Å². The molecule has 0 spiro atoms. The van der Waals surface area contributed by atoms with Crippen LogP contribution in [0.1, 0.15) is 28.7 Å². The highest BCUT2D eigenvalue weighted by Gasteiger charge is 2.54. The summed E-state index contributed by atoms with van der Waals surface area (Å²) in [6.07, 6.45) is 1.53. The van der Waals surface area contributed by atoms with Gasteiger partial charge in [-0.25, -0.2) is 19.7 Å². The molecule has 3 amide bonds. The number of benzene rings is 1. The van der Waals surface area contributed by atoms with Crippen molar-refractivity contribution >= 4 is 40.0 Å². The molecule has 1 saturated carbocycles. The van der Waals surface area contributed by atoms with Gasteiger partial charge in [0.1, 0.15) is 17.8 Å². The third kappa shape index (κ3) is 4.25. The Morgan fingerprint density at radius 3 is 2.67 bits per heavy atom. The fourth-order valence-electron chi connectivity index (χ4n) is 6.30. The highest BCUT2D eigenvalue weighted by atomic mass is 16.5. The van der Waals surface area contributed by atoms with Gasteiger partial charge in [0.15, 0.2) is 0 Å². The van der Waals surface area contributed by atoms with Gasteiger partial charge >= 0.3 is 6.03 Å². The molecule has 11 heteroatoms. The van der Waals surface area contributed by atoms with Crippen LogP contribution in [0.15, 0.2) is 30.6 Å². The molecule has 1 aromatic carbocycles. The van der Waals surface area contributed by atoms with E-state index >= 15 is 0 Å². The molecular formula is C28H32N8O3. The van der Waals surface area contributed by atoms with E-state index in [4.69, 9.17) is 4.74 Å². The summed E-state index contributed by atoms with van der Waals surface area (Å²) in [6.45, 7) is 10.3. The van der Waals surface area contributed by atoms with Crippen molar-refractivity contribution in [1.82, 2.24) is 25.2 Å². The van der Waals surface area contributed by atoms with E-state index in [9.17, 15) is 9.59 Å². The highest BCUT2D eigenvalue weighted by Crippen LogP contribution is 2.44. The van der Waals surface area contributed by atoms with E-state index in [1.165, 1.54) is 6.33 Å². The Bertz CT molecular complexity index is 1460. The average Bonchev–Trinajstić information content (AvgIpc) is 3.33. The van der Waals surface area contributed by atoms with Gasteiger partial charge in [-0.1, -0.05) is 0 Å². The number of carbonyl (C=O) groups is 2. The van der Waals surface area contributed by atoms with E-state index in [2.05, 4.69) is 41.5 Å². The SMILES string of the molecule is CCN1C(=O)Nc2cc(CN3CCN(c4ccc(C(=O)NC5[C@H]6COC[C@@H]56)nc4C)CC3)cc3ncnc1c23. The molecule has 0 bridgehead atoms. The number of hydrogen-bond donors (Lipinski definition) is 2. The number of anilines is 3. The van der Waals surface area contributed by atoms with Gasteiger partial charge in [0.25, 0.3) is 5.91 Å². The fraction of sp³-hybridized carbons (Fsp3) is 0.464. The van der Waals surface area contributed by atoms with Gasteiger partial charge in [-0.05, 0) is 43.7 Å². The van der Waals surface area contributed by atoms with Crippen LogP contribution in [0.4, 0.5) is 22.0 Å². The minimum atomic E-state index is -0.159. The van der Waals surface area contributed by atoms with Crippen LogP contribution in [0.2, 0.25) is 0 Å². The Morgan fingerprint density at radius 2 is 1.92 bits per heavy atom. The number of piperazine rings is 1.